The van der Waals surface area contributed by atoms with Crippen molar-refractivity contribution in [2.45, 2.75) is 91.5 Å². The van der Waals surface area contributed by atoms with Crippen LogP contribution in [0.1, 0.15) is 80.1 Å². The van der Waals surface area contributed by atoms with Crippen molar-refractivity contribution in [3.05, 3.63) is 24.0 Å². The van der Waals surface area contributed by atoms with Crippen LogP contribution in [0.4, 0.5) is 4.79 Å². The summed E-state index contributed by atoms with van der Waals surface area (Å²) in [6.07, 6.45) is 1.07. The number of rotatable bonds is 5. The number of carbonyl (C=O) groups excluding carboxylic acids is 2. The van der Waals surface area contributed by atoms with Gasteiger partial charge in [-0.2, -0.15) is 0 Å². The summed E-state index contributed by atoms with van der Waals surface area (Å²) in [4.78, 5) is 35.2. The first kappa shape index (κ1) is 28.0. The van der Waals surface area contributed by atoms with Gasteiger partial charge < -0.3 is 29.2 Å². The molecule has 10 heteroatoms. The highest BCUT2D eigenvalue weighted by Crippen LogP contribution is 2.37. The van der Waals surface area contributed by atoms with E-state index in [2.05, 4.69) is 10.3 Å². The molecule has 0 spiro atoms. The van der Waals surface area contributed by atoms with E-state index in [9.17, 15) is 9.59 Å². The number of likely N-dealkylation sites (tertiary alicyclic amines) is 1. The number of aromatic nitrogens is 2. The minimum atomic E-state index is -0.660. The Morgan fingerprint density at radius 3 is 2.42 bits per heavy atom. The molecule has 0 aliphatic carbocycles. The molecule has 2 fully saturated rings. The second-order valence-electron chi connectivity index (χ2n) is 10.5. The number of methoxy groups -OCH3 is 1. The molecule has 2 saturated heterocycles. The number of benzene rings is 1. The Morgan fingerprint density at radius 2 is 1.83 bits per heavy atom. The molecule has 0 saturated carbocycles. The number of carbonyl (C=O) groups is 2. The van der Waals surface area contributed by atoms with E-state index in [0.29, 0.717) is 6.54 Å². The van der Waals surface area contributed by atoms with Gasteiger partial charge in [0.2, 0.25) is 5.91 Å². The number of ether oxygens (including phenoxy) is 1. The third kappa shape index (κ3) is 5.39. The molecule has 2 amide bonds. The van der Waals surface area contributed by atoms with E-state index in [1.54, 1.807) is 0 Å². The number of amides is 2. The molecule has 9 nitrogen and oxygen atoms in total. The molecular weight excluding hydrogens is 459 g/mol. The Kier molecular flexibility index (Phi) is 8.40. The monoisotopic (exact) mass is 500 g/mol. The lowest BCUT2D eigenvalue weighted by Gasteiger charge is -2.32. The molecule has 2 aromatic rings. The lowest BCUT2D eigenvalue weighted by molar-refractivity contribution is -0.135. The number of hydrogen-bond acceptors (Lipinski definition) is 6. The first-order chi connectivity index (χ1) is 16.9. The average molecular weight is 500 g/mol. The van der Waals surface area contributed by atoms with Crippen LogP contribution in [0.3, 0.4) is 0 Å². The van der Waals surface area contributed by atoms with Gasteiger partial charge in [-0.25, -0.2) is 9.78 Å². The second-order valence-corrected chi connectivity index (χ2v) is 10.5. The molecule has 2 aliphatic rings. The lowest BCUT2D eigenvalue weighted by atomic mass is 9.79. The molecule has 1 aromatic heterocycles. The van der Waals surface area contributed by atoms with Crippen molar-refractivity contribution in [1.82, 2.24) is 20.2 Å². The first-order valence-electron chi connectivity index (χ1n) is 12.9. The number of hydrogen-bond donors (Lipinski definition) is 2. The van der Waals surface area contributed by atoms with Crippen LogP contribution >= 0.6 is 0 Å². The van der Waals surface area contributed by atoms with Crippen molar-refractivity contribution in [3.63, 3.8) is 0 Å². The number of H-pyrrole nitrogens is 1. The number of alkyl carbamates (subject to hydrolysis) is 1. The van der Waals surface area contributed by atoms with Crippen molar-refractivity contribution < 1.29 is 23.6 Å². The van der Waals surface area contributed by atoms with Gasteiger partial charge in [-0.15, -0.1) is 0 Å². The Morgan fingerprint density at radius 1 is 1.19 bits per heavy atom. The minimum Gasteiger partial charge on any atom is -0.453 e. The maximum absolute atomic E-state index is 13.4. The van der Waals surface area contributed by atoms with Crippen LogP contribution in [-0.4, -0.2) is 64.9 Å². The first-order valence-corrected chi connectivity index (χ1v) is 12.9. The quantitative estimate of drug-likeness (QED) is 0.603. The number of fused-ring (bicyclic) bond motifs is 1. The molecule has 198 valence electrons. The number of aromatic amines is 1. The summed E-state index contributed by atoms with van der Waals surface area (Å²) in [6.45, 7) is 16.6. The van der Waals surface area contributed by atoms with Crippen LogP contribution in [0.5, 0.6) is 0 Å². The Balaban J connectivity index is 0.00000176. The van der Waals surface area contributed by atoms with E-state index in [1.165, 1.54) is 7.11 Å². The summed E-state index contributed by atoms with van der Waals surface area (Å²) in [5.74, 6) is 0.541. The van der Waals surface area contributed by atoms with Crippen LogP contribution in [0.25, 0.3) is 11.0 Å². The zero-order valence-corrected chi connectivity index (χ0v) is 23.1. The van der Waals surface area contributed by atoms with Crippen molar-refractivity contribution in [1.29, 1.82) is 0 Å². The summed E-state index contributed by atoms with van der Waals surface area (Å²) in [5.41, 5.74) is 1.78. The summed E-state index contributed by atoms with van der Waals surface area (Å²) in [7, 11) is 0.837. The van der Waals surface area contributed by atoms with Gasteiger partial charge in [0, 0.05) is 6.54 Å². The van der Waals surface area contributed by atoms with Crippen LogP contribution in [0, 0.1) is 5.92 Å². The second kappa shape index (κ2) is 10.8. The highest BCUT2D eigenvalue weighted by molar-refractivity contribution is 6.62. The van der Waals surface area contributed by atoms with Gasteiger partial charge in [0.05, 0.1) is 35.4 Å². The molecule has 36 heavy (non-hydrogen) atoms. The van der Waals surface area contributed by atoms with Gasteiger partial charge >= 0.3 is 13.2 Å². The summed E-state index contributed by atoms with van der Waals surface area (Å²) < 4.78 is 17.1. The zero-order chi connectivity index (χ0) is 26.8. The Bertz CT molecular complexity index is 1070. The summed E-state index contributed by atoms with van der Waals surface area (Å²) in [5, 5.41) is 2.68. The van der Waals surface area contributed by atoms with Gasteiger partial charge in [0.15, 0.2) is 0 Å². The maximum atomic E-state index is 13.4. The minimum absolute atomic E-state index is 0.0778. The van der Waals surface area contributed by atoms with Gasteiger partial charge in [0.25, 0.3) is 0 Å². The normalized spacial score (nSPS) is 21.3. The van der Waals surface area contributed by atoms with Crippen LogP contribution < -0.4 is 10.8 Å². The SMILES string of the molecule is CC.COC(=O)N[C@H](C(=O)N1CCC[C@H]1c1nc2ccc(B3OC(C)(C)C(C)(C)O3)cc2[nH]1)C(C)C. The number of imidazole rings is 1. The summed E-state index contributed by atoms with van der Waals surface area (Å²) in [6, 6.07) is 5.09. The number of nitrogens with one attached hydrogen (secondary N) is 2. The van der Waals surface area contributed by atoms with E-state index >= 15 is 0 Å². The fraction of sp³-hybridized carbons (Fsp3) is 0.654. The van der Waals surface area contributed by atoms with Gasteiger partial charge in [0.1, 0.15) is 11.9 Å². The number of nitrogens with zero attached hydrogens (tertiary/aromatic N) is 2. The smallest absolute Gasteiger partial charge is 0.453 e. The largest absolute Gasteiger partial charge is 0.494 e. The van der Waals surface area contributed by atoms with E-state index in [1.807, 2.05) is 78.5 Å². The fourth-order valence-corrected chi connectivity index (χ4v) is 4.52. The predicted molar refractivity (Wildman–Crippen MR) is 141 cm³/mol. The molecule has 0 radical (unpaired) electrons. The Hall–Kier alpha value is -2.59. The molecule has 1 aromatic carbocycles. The summed E-state index contributed by atoms with van der Waals surface area (Å²) >= 11 is 0. The molecule has 2 aliphatic heterocycles. The van der Waals surface area contributed by atoms with E-state index in [0.717, 1.165) is 35.2 Å². The van der Waals surface area contributed by atoms with Crippen molar-refractivity contribution >= 4 is 35.6 Å². The highest BCUT2D eigenvalue weighted by atomic mass is 16.7. The Labute approximate surface area is 214 Å². The molecule has 0 bridgehead atoms. The van der Waals surface area contributed by atoms with Crippen LogP contribution in [-0.2, 0) is 18.8 Å². The van der Waals surface area contributed by atoms with Crippen LogP contribution in [0.15, 0.2) is 18.2 Å². The van der Waals surface area contributed by atoms with E-state index in [-0.39, 0.29) is 17.9 Å². The molecule has 0 unspecified atom stereocenters. The lowest BCUT2D eigenvalue weighted by Crippen LogP contribution is -2.51. The third-order valence-electron chi connectivity index (χ3n) is 7.29. The predicted octanol–water partition coefficient (Wildman–Crippen LogP) is 3.93. The molecule has 2 N–H and O–H groups in total. The standard InChI is InChI=1S/C24H35BN4O5.C2H6/c1-14(2)19(28-22(31)32-7)21(30)29-12-8-9-18(29)20-26-16-11-10-15(13-17(16)27-20)25-33-23(3,4)24(5,6)34-25;1-2/h10-11,13-14,18-19H,8-9,12H2,1-7H3,(H,26,27)(H,28,31);1-2H3/t18-,19-;/m0./s1. The van der Waals surface area contributed by atoms with Crippen molar-refractivity contribution in [3.8, 4) is 0 Å². The van der Waals surface area contributed by atoms with Crippen molar-refractivity contribution in [2.24, 2.45) is 5.92 Å². The van der Waals surface area contributed by atoms with Crippen molar-refractivity contribution in [2.75, 3.05) is 13.7 Å². The average Bonchev–Trinajstić information content (AvgIpc) is 3.53. The maximum Gasteiger partial charge on any atom is 0.494 e. The van der Waals surface area contributed by atoms with Gasteiger partial charge in [-0.1, -0.05) is 33.8 Å². The molecule has 2 atom stereocenters. The highest BCUT2D eigenvalue weighted by Gasteiger charge is 2.51. The van der Waals surface area contributed by atoms with E-state index < -0.39 is 30.5 Å². The third-order valence-corrected chi connectivity index (χ3v) is 7.29. The molecular formula is C26H41BN4O5. The molecule has 4 rings (SSSR count). The fourth-order valence-electron chi connectivity index (χ4n) is 4.52. The van der Waals surface area contributed by atoms with Gasteiger partial charge in [-0.3, -0.25) is 4.79 Å². The molecule has 3 heterocycles. The zero-order valence-electron chi connectivity index (χ0n) is 23.1. The topological polar surface area (TPSA) is 106 Å². The van der Waals surface area contributed by atoms with Crippen LogP contribution in [0.2, 0.25) is 0 Å². The van der Waals surface area contributed by atoms with E-state index in [4.69, 9.17) is 19.0 Å². The van der Waals surface area contributed by atoms with Gasteiger partial charge in [-0.05, 0) is 64.1 Å².